The molecule has 11 aromatic rings. The molecule has 0 spiro atoms. The molecular weight excluding hydrogens is 1940 g/mol. The number of hydrogen-bond donors (Lipinski definition) is 6. The molecule has 0 atom stereocenters. The Hall–Kier alpha value is -13.8. The zero-order chi connectivity index (χ0) is 98.7. The minimum Gasteiger partial charge on any atom is -0.505 e. The third-order valence-electron chi connectivity index (χ3n) is 22.4. The summed E-state index contributed by atoms with van der Waals surface area (Å²) in [6.45, 7) is 17.9. The first-order chi connectivity index (χ1) is 65.7. The van der Waals surface area contributed by atoms with E-state index in [1.54, 1.807) is 48.9 Å². The predicted molar refractivity (Wildman–Crippen MR) is 536 cm³/mol. The standard InChI is InChI=1S/C27H27FN6O3.C16H18N4O4.C16H20N4O2.C14H19NO2.C13H17NO3.C6H11N.C3H3N3O2.CH3ClO2S.2CH4.ClH.Fe.H3N/c1-18-14-29-26(32-25(18)20-7-8-24(35)23(28)13-20)31-21-15-30-34(16-21)22-9-11-33(12-10-22)27(36)37-17-19-5-3-2-4-6-19;21-16(24-12-13-4-2-1-3-5-13)18-8-6-14(7-9-18)19-11-15(10-17-19)20(22)23;17-14-10-18-20(11-14)15-6-8-19(9-7-15)16(21)22-12-13-4-2-1-3-5-13;1-12-7-9-15(10-8-12)14(16)17-11-13-5-3-2-4-6-13;15-12-6-8-14(9-7-12)13(16)17-10-11-4-2-1-3-5-11;1-4-6(2,3)5-7;7-6(8)3-1-4-5-2-3;1-5(2,3)4;;;;;/h2-8,13-16,22,35H,9-12,17H2,1H3,(H,29,31,32);1-5,10-11,14H,6-9,12H2;1-5,10-11,15H,6-9,12,17H2;2-6,12H,7-11H2,1H3;1-5,12,15H,6-10H2;4H2,1-3H3;1-2H,(H,4,5);1H3;2*1H4;1H;;1H3. The number of carbonyl (C=O) groups is 5. The van der Waals surface area contributed by atoms with Crippen molar-refractivity contribution in [2.75, 3.05) is 82.8 Å². The minimum atomic E-state index is -3.19. The van der Waals surface area contributed by atoms with Gasteiger partial charge in [0.1, 0.15) is 51.6 Å². The van der Waals surface area contributed by atoms with Crippen LogP contribution in [-0.2, 0) is 82.8 Å². The largest absolute Gasteiger partial charge is 0.505 e. The minimum absolute atomic E-state index is 0. The molecule has 6 aromatic carbocycles. The number of piperidine rings is 5. The number of nitrogen functional groups attached to an aromatic ring is 1. The van der Waals surface area contributed by atoms with Gasteiger partial charge in [-0.2, -0.15) is 25.7 Å². The predicted octanol–water partition coefficient (Wildman–Crippen LogP) is 19.6. The first-order valence-electron chi connectivity index (χ1n) is 44.8. The number of anilines is 3. The molecule has 39 nitrogen and oxygen atoms in total. The van der Waals surface area contributed by atoms with E-state index in [0.29, 0.717) is 127 Å². The van der Waals surface area contributed by atoms with Crippen molar-refractivity contribution in [2.45, 2.75) is 177 Å². The molecule has 5 aromatic heterocycles. The number of hydrogen-bond acceptors (Lipinski definition) is 28. The number of aliphatic hydroxyl groups is 1. The van der Waals surface area contributed by atoms with Crippen LogP contribution in [0.25, 0.3) is 11.3 Å². The number of benzene rings is 6. The van der Waals surface area contributed by atoms with E-state index >= 15 is 0 Å². The number of H-pyrrole nitrogens is 1. The number of nitriles is 1. The number of aliphatic hydroxyl groups excluding tert-OH is 1. The van der Waals surface area contributed by atoms with Crippen molar-refractivity contribution in [3.63, 3.8) is 0 Å². The van der Waals surface area contributed by atoms with Gasteiger partial charge in [0.05, 0.1) is 87.5 Å². The molecule has 10 heterocycles. The Morgan fingerprint density at radius 3 is 1.20 bits per heavy atom. The quantitative estimate of drug-likeness (QED) is 0.0144. The van der Waals surface area contributed by atoms with E-state index in [-0.39, 0.29) is 129 Å². The Bertz CT molecular complexity index is 5630. The number of phenols is 1. The van der Waals surface area contributed by atoms with E-state index in [1.807, 2.05) is 206 Å². The molecule has 0 aliphatic carbocycles. The number of aryl methyl sites for hydroxylation is 1. The van der Waals surface area contributed by atoms with Crippen molar-refractivity contribution in [1.29, 1.82) is 5.26 Å². The molecule has 16 rings (SSSR count). The van der Waals surface area contributed by atoms with Gasteiger partial charge in [0, 0.05) is 117 Å². The van der Waals surface area contributed by atoms with Crippen LogP contribution in [0.5, 0.6) is 5.75 Å². The molecule has 0 saturated carbocycles. The summed E-state index contributed by atoms with van der Waals surface area (Å²) in [6, 6.07) is 55.1. The van der Waals surface area contributed by atoms with E-state index in [0.717, 1.165) is 115 Å². The van der Waals surface area contributed by atoms with Crippen LogP contribution >= 0.6 is 23.1 Å². The van der Waals surface area contributed by atoms with Crippen LogP contribution in [0.1, 0.15) is 165 Å². The van der Waals surface area contributed by atoms with Gasteiger partial charge in [-0.1, -0.05) is 180 Å². The number of halogens is 3. The summed E-state index contributed by atoms with van der Waals surface area (Å²) in [4.78, 5) is 97.1. The zero-order valence-corrected chi connectivity index (χ0v) is 82.4. The summed E-state index contributed by atoms with van der Waals surface area (Å²) in [5, 5.41) is 69.3. The second-order valence-electron chi connectivity index (χ2n) is 33.4. The molecule has 5 fully saturated rings. The molecule has 5 aliphatic rings. The van der Waals surface area contributed by atoms with Crippen molar-refractivity contribution in [2.24, 2.45) is 11.3 Å². The molecule has 770 valence electrons. The maximum absolute atomic E-state index is 13.9. The maximum Gasteiger partial charge on any atom is 0.410 e. The number of nitrogens with two attached hydrogens (primary N) is 1. The first kappa shape index (κ1) is 120. The van der Waals surface area contributed by atoms with Crippen molar-refractivity contribution < 1.29 is 97.6 Å². The maximum atomic E-state index is 13.9. The number of aromatic amines is 1. The van der Waals surface area contributed by atoms with Crippen LogP contribution < -0.4 is 17.2 Å². The third-order valence-corrected chi connectivity index (χ3v) is 22.4. The number of phenolic OH excluding ortho intramolecular Hbond substituents is 1. The molecule has 5 amide bonds. The average Bonchev–Trinajstić information content (AvgIpc) is 1.10. The molecule has 0 radical (unpaired) electrons. The van der Waals surface area contributed by atoms with Crippen LogP contribution in [0.15, 0.2) is 226 Å². The van der Waals surface area contributed by atoms with Gasteiger partial charge in [0.2, 0.25) is 15.0 Å². The Labute approximate surface area is 848 Å². The monoisotopic (exact) mass is 2070 g/mol. The van der Waals surface area contributed by atoms with Crippen molar-refractivity contribution in [3.8, 4) is 23.1 Å². The molecule has 44 heteroatoms. The molecule has 9 N–H and O–H groups in total. The van der Waals surface area contributed by atoms with E-state index in [1.165, 1.54) is 30.7 Å². The van der Waals surface area contributed by atoms with E-state index < -0.39 is 30.5 Å². The van der Waals surface area contributed by atoms with Gasteiger partial charge < -0.3 is 75.6 Å². The number of rotatable bonds is 19. The first-order valence-corrected chi connectivity index (χ1v) is 47.5. The number of aromatic hydroxyl groups is 1. The van der Waals surface area contributed by atoms with Crippen LogP contribution in [0.4, 0.5) is 57.1 Å². The van der Waals surface area contributed by atoms with Gasteiger partial charge >= 0.3 is 41.8 Å². The smallest absolute Gasteiger partial charge is 0.410 e. The summed E-state index contributed by atoms with van der Waals surface area (Å²) < 4.78 is 64.7. The van der Waals surface area contributed by atoms with Gasteiger partial charge in [-0.05, 0) is 149 Å². The van der Waals surface area contributed by atoms with Gasteiger partial charge in [-0.3, -0.25) is 39.4 Å². The number of aromatic nitrogens is 10. The molecule has 142 heavy (non-hydrogen) atoms. The molecule has 0 unspecified atom stereocenters. The van der Waals surface area contributed by atoms with Crippen LogP contribution in [0.3, 0.4) is 0 Å². The Morgan fingerprint density at radius 2 is 0.894 bits per heavy atom. The number of carbonyl (C=O) groups excluding carboxylic acids is 5. The van der Waals surface area contributed by atoms with Crippen LogP contribution in [-0.4, -0.2) is 211 Å². The normalized spacial score (nSPS) is 14.1. The average molecular weight is 2070 g/mol. The molecule has 5 aliphatic heterocycles. The summed E-state index contributed by atoms with van der Waals surface area (Å²) in [7, 11) is 1.31. The second-order valence-corrected chi connectivity index (χ2v) is 36.4. The van der Waals surface area contributed by atoms with Crippen LogP contribution in [0.2, 0.25) is 0 Å². The number of ether oxygens (including phenoxy) is 5. The third kappa shape index (κ3) is 42.7. The Morgan fingerprint density at radius 1 is 0.556 bits per heavy atom. The number of likely N-dealkylation sites (tertiary alicyclic amines) is 5. The SMILES string of the molecule is C.C.CC1CCN(C(=O)OCc2ccccc2)CC1.CCC(C)(C)C#N.CS(=O)(=O)Cl.Cc1cnc(Nc2cnn(C3CCN(C(=O)OCc4ccccc4)CC3)c2)nc1-c1ccc(O)c(F)c1.Cl.N.Nc1cnn(C2CCN(C(=O)OCc3ccccc3)CC2)c1.O=C(OCc1ccccc1)N1CCC(O)CC1.O=C(OCc1ccccc1)N1CCC(n2cc([N+](=O)[O-])cn2)CC1.O=[N+]([O-])c1cn[nH]c1.[Fe]. The molecule has 0 bridgehead atoms. The summed E-state index contributed by atoms with van der Waals surface area (Å²) >= 11 is 0. The summed E-state index contributed by atoms with van der Waals surface area (Å²) in [5.74, 6) is -0.0317. The molecular formula is C98H130Cl2FFeN21O18S. The van der Waals surface area contributed by atoms with E-state index in [4.69, 9.17) is 34.7 Å². The number of nitrogens with zero attached hydrogens (tertiary/aromatic N) is 17. The fourth-order valence-electron chi connectivity index (χ4n) is 14.0. The fourth-order valence-corrected chi connectivity index (χ4v) is 14.0. The zero-order valence-electron chi connectivity index (χ0n) is 78.9. The topological polar surface area (TPSA) is 513 Å². The number of amides is 5. The summed E-state index contributed by atoms with van der Waals surface area (Å²) in [5.41, 5.74) is 13.8. The van der Waals surface area contributed by atoms with E-state index in [2.05, 4.69) is 64.5 Å². The van der Waals surface area contributed by atoms with Crippen LogP contribution in [0, 0.1) is 55.6 Å². The van der Waals surface area contributed by atoms with Gasteiger partial charge in [-0.15, -0.1) is 12.4 Å². The van der Waals surface area contributed by atoms with Crippen molar-refractivity contribution >= 4 is 91.3 Å². The van der Waals surface area contributed by atoms with Gasteiger partial charge in [0.25, 0.3) is 0 Å². The van der Waals surface area contributed by atoms with Crippen molar-refractivity contribution in [3.05, 3.63) is 285 Å². The fraction of sp³-hybridized carbons (Fsp3) is 0.408. The summed E-state index contributed by atoms with van der Waals surface area (Å²) in [6.07, 6.45) is 22.1. The van der Waals surface area contributed by atoms with Gasteiger partial charge in [-0.25, -0.2) is 46.7 Å². The van der Waals surface area contributed by atoms with Crippen molar-refractivity contribution in [1.82, 2.24) is 80.2 Å². The van der Waals surface area contributed by atoms with Gasteiger partial charge in [0.15, 0.2) is 11.6 Å². The Balaban J connectivity index is 0.000000357. The number of nitro groups is 2. The Kier molecular flexibility index (Phi) is 52.9. The second kappa shape index (κ2) is 62.4. The molecule has 5 saturated heterocycles. The number of nitrogens with one attached hydrogen (secondary N) is 2. The van der Waals surface area contributed by atoms with E-state index in [9.17, 15) is 67.2 Å².